The predicted octanol–water partition coefficient (Wildman–Crippen LogP) is 2.76. The molecule has 0 heterocycles. The Bertz CT molecular complexity index is 256. The van der Waals surface area contributed by atoms with Gasteiger partial charge in [-0.15, -0.1) is 0 Å². The smallest absolute Gasteiger partial charge is 0.399 e. The van der Waals surface area contributed by atoms with E-state index in [4.69, 9.17) is 5.39 Å². The Morgan fingerprint density at radius 3 is 2.30 bits per heavy atom. The lowest BCUT2D eigenvalue weighted by Gasteiger charge is -1.78. The molecule has 0 amide bonds. The molecule has 1 aromatic carbocycles. The first-order valence-electron chi connectivity index (χ1n) is 2.44. The second kappa shape index (κ2) is 3.99. The van der Waals surface area contributed by atoms with Crippen molar-refractivity contribution in [2.45, 2.75) is 0 Å². The van der Waals surface area contributed by atoms with Crippen molar-refractivity contribution in [2.24, 2.45) is 0 Å². The minimum atomic E-state index is 0. The third-order valence-corrected chi connectivity index (χ3v) is 1.63. The highest BCUT2D eigenvalue weighted by atomic mass is 79.9. The molecule has 0 saturated heterocycles. The number of rotatable bonds is 0. The quantitative estimate of drug-likeness (QED) is 0.605. The maximum atomic E-state index is 8.31. The van der Waals surface area contributed by atoms with Crippen LogP contribution < -0.4 is 0 Å². The van der Waals surface area contributed by atoms with Gasteiger partial charge in [0, 0.05) is 6.07 Å². The molecule has 0 aromatic heterocycles. The third kappa shape index (κ3) is 1.79. The number of hydrogen-bond donors (Lipinski definition) is 0. The molecule has 4 heteroatoms. The highest BCUT2D eigenvalue weighted by molar-refractivity contribution is 9.10. The lowest BCUT2D eigenvalue weighted by Crippen LogP contribution is -1.61. The normalized spacial score (nSPS) is 7.60. The van der Waals surface area contributed by atoms with Crippen LogP contribution in [0.3, 0.4) is 0 Å². The van der Waals surface area contributed by atoms with Gasteiger partial charge in [-0.1, -0.05) is 12.1 Å². The summed E-state index contributed by atoms with van der Waals surface area (Å²) < 4.78 is 0.799. The monoisotopic (exact) mass is 200 g/mol. The van der Waals surface area contributed by atoms with Crippen LogP contribution in [0, 0.1) is 5.39 Å². The lowest BCUT2D eigenvalue weighted by molar-refractivity contribution is 0.824. The second-order valence-electron chi connectivity index (χ2n) is 1.55. The number of nitrogens with zero attached hydrogens (tertiary/aromatic N) is 2. The summed E-state index contributed by atoms with van der Waals surface area (Å²) in [6.45, 7) is 0. The van der Waals surface area contributed by atoms with Gasteiger partial charge in [-0.25, -0.2) is 0 Å². The minimum absolute atomic E-state index is 0. The zero-order chi connectivity index (χ0) is 6.69. The van der Waals surface area contributed by atoms with Crippen molar-refractivity contribution < 1.29 is 5.48 Å². The first kappa shape index (κ1) is 9.08. The van der Waals surface area contributed by atoms with Crippen LogP contribution in [0.4, 0.5) is 5.69 Å². The molecule has 0 atom stereocenters. The van der Waals surface area contributed by atoms with Crippen LogP contribution in [0.5, 0.6) is 0 Å². The van der Waals surface area contributed by atoms with Crippen LogP contribution in [0.1, 0.15) is 0 Å². The Morgan fingerprint density at radius 2 is 1.90 bits per heavy atom. The molecule has 0 bridgehead atoms. The van der Waals surface area contributed by atoms with Gasteiger partial charge in [-0.3, -0.25) is 0 Å². The van der Waals surface area contributed by atoms with Crippen LogP contribution >= 0.6 is 15.9 Å². The van der Waals surface area contributed by atoms with Crippen molar-refractivity contribution in [3.63, 3.8) is 0 Å². The topological polar surface area (TPSA) is 58.1 Å². The van der Waals surface area contributed by atoms with Gasteiger partial charge < -0.3 is 5.48 Å². The second-order valence-corrected chi connectivity index (χ2v) is 2.41. The van der Waals surface area contributed by atoms with E-state index in [1.54, 1.807) is 12.1 Å². The molecular weight excluding hydrogens is 196 g/mol. The van der Waals surface area contributed by atoms with Crippen LogP contribution in [-0.4, -0.2) is 5.48 Å². The molecule has 3 nitrogen and oxygen atoms in total. The molecule has 0 aliphatic heterocycles. The summed E-state index contributed by atoms with van der Waals surface area (Å²) >= 11 is 3.20. The maximum Gasteiger partial charge on any atom is 0.399 e. The van der Waals surface area contributed by atoms with Crippen LogP contribution in [-0.2, 0) is 0 Å². The Hall–Kier alpha value is -0.920. The summed E-state index contributed by atoms with van der Waals surface area (Å²) in [4.78, 5) is 3.02. The molecule has 1 aromatic rings. The zero-order valence-corrected chi connectivity index (χ0v) is 6.62. The van der Waals surface area contributed by atoms with Gasteiger partial charge in [0.15, 0.2) is 4.98 Å². The number of benzene rings is 1. The van der Waals surface area contributed by atoms with E-state index >= 15 is 0 Å². The molecular formula is C6H5BrN2O. The fraction of sp³-hybridized carbons (Fsp3) is 0. The fourth-order valence-corrected chi connectivity index (χ4v) is 0.897. The molecule has 0 radical (unpaired) electrons. The van der Waals surface area contributed by atoms with E-state index in [-0.39, 0.29) is 5.48 Å². The van der Waals surface area contributed by atoms with E-state index in [1.165, 1.54) is 0 Å². The van der Waals surface area contributed by atoms with Gasteiger partial charge in [0.2, 0.25) is 5.39 Å². The molecule has 0 fully saturated rings. The average Bonchev–Trinajstić information content (AvgIpc) is 1.89. The Balaban J connectivity index is 0.000000810. The molecule has 0 saturated carbocycles. The molecule has 52 valence electrons. The average molecular weight is 201 g/mol. The summed E-state index contributed by atoms with van der Waals surface area (Å²) in [6, 6.07) is 7.19. The van der Waals surface area contributed by atoms with E-state index in [2.05, 4.69) is 20.9 Å². The molecule has 0 aliphatic carbocycles. The highest BCUT2D eigenvalue weighted by Crippen LogP contribution is 2.23. The van der Waals surface area contributed by atoms with E-state index in [9.17, 15) is 0 Å². The van der Waals surface area contributed by atoms with E-state index in [0.717, 1.165) is 4.47 Å². The van der Waals surface area contributed by atoms with Gasteiger partial charge >= 0.3 is 5.69 Å². The number of halogens is 1. The minimum Gasteiger partial charge on any atom is -0.870 e. The van der Waals surface area contributed by atoms with Crippen LogP contribution in [0.2, 0.25) is 0 Å². The third-order valence-electron chi connectivity index (χ3n) is 0.960. The lowest BCUT2D eigenvalue weighted by atomic mass is 10.3. The van der Waals surface area contributed by atoms with Crippen molar-refractivity contribution in [1.29, 1.82) is 5.39 Å². The van der Waals surface area contributed by atoms with Crippen molar-refractivity contribution >= 4 is 21.6 Å². The summed E-state index contributed by atoms with van der Waals surface area (Å²) in [5.74, 6) is 0. The standard InChI is InChI=1S/C6H4BrN2.H2O/c7-5-3-1-2-4-6(5)9-8;/h1-4H;1H2/q+1;/p-1. The fourth-order valence-electron chi connectivity index (χ4n) is 0.533. The van der Waals surface area contributed by atoms with Gasteiger partial charge in [-0.05, 0) is 22.0 Å². The zero-order valence-electron chi connectivity index (χ0n) is 5.03. The molecule has 1 N–H and O–H groups in total. The largest absolute Gasteiger partial charge is 0.870 e. The molecule has 0 aliphatic rings. The molecule has 0 unspecified atom stereocenters. The number of diazo groups is 1. The summed E-state index contributed by atoms with van der Waals surface area (Å²) in [5.41, 5.74) is 0.553. The first-order valence-corrected chi connectivity index (χ1v) is 3.23. The van der Waals surface area contributed by atoms with Gasteiger partial charge in [0.05, 0.1) is 0 Å². The maximum absolute atomic E-state index is 8.31. The van der Waals surface area contributed by atoms with Crippen molar-refractivity contribution in [1.82, 2.24) is 0 Å². The van der Waals surface area contributed by atoms with Gasteiger partial charge in [0.1, 0.15) is 4.47 Å². The van der Waals surface area contributed by atoms with Crippen molar-refractivity contribution in [3.05, 3.63) is 33.7 Å². The van der Waals surface area contributed by atoms with E-state index in [1.807, 2.05) is 12.1 Å². The SMILES string of the molecule is N#[N+]c1ccccc1Br.[OH-]. The van der Waals surface area contributed by atoms with Crippen LogP contribution in [0.15, 0.2) is 28.7 Å². The summed E-state index contributed by atoms with van der Waals surface area (Å²) in [5, 5.41) is 8.31. The molecule has 0 spiro atoms. The van der Waals surface area contributed by atoms with E-state index < -0.39 is 0 Å². The summed E-state index contributed by atoms with van der Waals surface area (Å²) in [7, 11) is 0. The van der Waals surface area contributed by atoms with E-state index in [0.29, 0.717) is 5.69 Å². The Labute approximate surface area is 66.7 Å². The summed E-state index contributed by atoms with van der Waals surface area (Å²) in [6.07, 6.45) is 0. The number of hydrogen-bond acceptors (Lipinski definition) is 2. The predicted molar refractivity (Wildman–Crippen MR) is 40.8 cm³/mol. The molecule has 10 heavy (non-hydrogen) atoms. The highest BCUT2D eigenvalue weighted by Gasteiger charge is 2.06. The van der Waals surface area contributed by atoms with Gasteiger partial charge in [0.25, 0.3) is 0 Å². The van der Waals surface area contributed by atoms with Gasteiger partial charge in [-0.2, -0.15) is 0 Å². The Morgan fingerprint density at radius 1 is 1.30 bits per heavy atom. The molecule has 1 rings (SSSR count). The first-order chi connectivity index (χ1) is 4.34. The van der Waals surface area contributed by atoms with Crippen LogP contribution in [0.25, 0.3) is 4.98 Å². The van der Waals surface area contributed by atoms with Crippen molar-refractivity contribution in [2.75, 3.05) is 0 Å². The Kier molecular flexibility index (Phi) is 3.62. The van der Waals surface area contributed by atoms with Crippen molar-refractivity contribution in [3.8, 4) is 0 Å².